The number of nitro groups is 1. The number of hydrogen-bond donors (Lipinski definition) is 3. The van der Waals surface area contributed by atoms with Crippen molar-refractivity contribution < 1.29 is 29.5 Å². The fourth-order valence-corrected chi connectivity index (χ4v) is 5.43. The summed E-state index contributed by atoms with van der Waals surface area (Å²) in [6, 6.07) is 19.3. The Morgan fingerprint density at radius 3 is 2.38 bits per heavy atom. The van der Waals surface area contributed by atoms with E-state index in [1.54, 1.807) is 24.3 Å². The lowest BCUT2D eigenvalue weighted by molar-refractivity contribution is -0.385. The highest BCUT2D eigenvalue weighted by molar-refractivity contribution is 8.16. The van der Waals surface area contributed by atoms with Crippen molar-refractivity contribution in [2.45, 2.75) is 4.87 Å². The Morgan fingerprint density at radius 1 is 1.00 bits per heavy atom. The van der Waals surface area contributed by atoms with Gasteiger partial charge in [-0.2, -0.15) is 5.10 Å². The van der Waals surface area contributed by atoms with Crippen molar-refractivity contribution >= 4 is 57.9 Å². The van der Waals surface area contributed by atoms with Crippen molar-refractivity contribution in [2.24, 2.45) is 10.2 Å². The molecule has 0 aromatic heterocycles. The van der Waals surface area contributed by atoms with Crippen LogP contribution in [0.25, 0.3) is 5.76 Å². The smallest absolute Gasteiger partial charge is 0.301 e. The number of benzene rings is 3. The van der Waals surface area contributed by atoms with Gasteiger partial charge in [0.1, 0.15) is 11.5 Å². The first-order chi connectivity index (χ1) is 18.8. The highest BCUT2D eigenvalue weighted by Crippen LogP contribution is 2.51. The molecule has 2 aliphatic heterocycles. The number of aliphatic hydroxyl groups is 1. The molecule has 39 heavy (non-hydrogen) atoms. The van der Waals surface area contributed by atoms with Crippen LogP contribution in [0.15, 0.2) is 94.6 Å². The molecule has 194 valence electrons. The number of phenolic OH excluding ortho intramolecular Hbond substituents is 1. The molecule has 1 atom stereocenters. The molecule has 3 aromatic rings. The van der Waals surface area contributed by atoms with E-state index in [0.717, 1.165) is 11.1 Å². The van der Waals surface area contributed by atoms with Crippen LogP contribution in [-0.4, -0.2) is 49.0 Å². The molecule has 2 aliphatic rings. The Kier molecular flexibility index (Phi) is 6.42. The second-order valence-electron chi connectivity index (χ2n) is 8.21. The summed E-state index contributed by atoms with van der Waals surface area (Å²) < 4.78 is 0. The van der Waals surface area contributed by atoms with Crippen LogP contribution >= 0.6 is 11.8 Å². The number of amides is 2. The number of anilines is 1. The number of carbonyl (C=O) groups is 3. The molecule has 3 N–H and O–H groups in total. The summed E-state index contributed by atoms with van der Waals surface area (Å²) in [5.41, 5.74) is -0.534. The van der Waals surface area contributed by atoms with Crippen LogP contribution in [0.3, 0.4) is 0 Å². The Balaban J connectivity index is 1.64. The fourth-order valence-electron chi connectivity index (χ4n) is 4.22. The van der Waals surface area contributed by atoms with Gasteiger partial charge in [0.2, 0.25) is 4.87 Å². The van der Waals surface area contributed by atoms with E-state index in [9.17, 15) is 34.7 Å². The molecule has 5 rings (SSSR count). The predicted octanol–water partition coefficient (Wildman–Crippen LogP) is 3.13. The average molecular weight is 544 g/mol. The lowest BCUT2D eigenvalue weighted by Crippen LogP contribution is -2.50. The Morgan fingerprint density at radius 2 is 1.67 bits per heavy atom. The monoisotopic (exact) mass is 543 g/mol. The molecule has 0 bridgehead atoms. The molecule has 1 unspecified atom stereocenters. The predicted molar refractivity (Wildman–Crippen MR) is 143 cm³/mol. The van der Waals surface area contributed by atoms with Crippen LogP contribution < -0.4 is 10.2 Å². The number of thioether (sulfide) groups is 1. The molecule has 2 saturated heterocycles. The quantitative estimate of drug-likeness (QED) is 0.110. The summed E-state index contributed by atoms with van der Waals surface area (Å²) in [6.07, 6.45) is 1.12. The number of nitro benzene ring substituents is 1. The molecule has 2 fully saturated rings. The molecule has 0 aliphatic carbocycles. The van der Waals surface area contributed by atoms with Gasteiger partial charge in [0.05, 0.1) is 28.0 Å². The number of para-hydroxylation sites is 3. The minimum absolute atomic E-state index is 0.140. The molecular weight excluding hydrogens is 526 g/mol. The van der Waals surface area contributed by atoms with Gasteiger partial charge in [-0.15, -0.1) is 5.10 Å². The summed E-state index contributed by atoms with van der Waals surface area (Å²) in [7, 11) is 0. The maximum absolute atomic E-state index is 13.6. The number of aliphatic hydroxyl groups excluding tert-OH is 1. The van der Waals surface area contributed by atoms with Crippen LogP contribution in [0.4, 0.5) is 11.4 Å². The number of nitrogens with zero attached hydrogens (tertiary/aromatic N) is 4. The van der Waals surface area contributed by atoms with Gasteiger partial charge >= 0.3 is 5.91 Å². The second kappa shape index (κ2) is 9.87. The van der Waals surface area contributed by atoms with E-state index in [2.05, 4.69) is 15.5 Å². The van der Waals surface area contributed by atoms with Crippen molar-refractivity contribution in [3.8, 4) is 5.75 Å². The number of nitrogens with one attached hydrogen (secondary N) is 1. The van der Waals surface area contributed by atoms with Crippen LogP contribution in [0.5, 0.6) is 5.75 Å². The van der Waals surface area contributed by atoms with E-state index in [-0.39, 0.29) is 33.4 Å². The molecule has 12 nitrogen and oxygen atoms in total. The third-order valence-corrected chi connectivity index (χ3v) is 7.18. The molecule has 1 spiro atoms. The largest absolute Gasteiger partial charge is 0.507 e. The van der Waals surface area contributed by atoms with Crippen LogP contribution in [-0.2, 0) is 14.4 Å². The van der Waals surface area contributed by atoms with Crippen molar-refractivity contribution in [3.05, 3.63) is 106 Å². The number of ketones is 1. The lowest BCUT2D eigenvalue weighted by atomic mass is 9.99. The fraction of sp³-hybridized carbons (Fsp3) is 0.0385. The van der Waals surface area contributed by atoms with Gasteiger partial charge < -0.3 is 15.5 Å². The zero-order chi connectivity index (χ0) is 27.7. The highest BCUT2D eigenvalue weighted by atomic mass is 32.2. The SMILES string of the molecule is O=C1C(=O)N(c2ccccc2O)C2(SC(=NN=Cc3ccccc3[N+](=O)[O-])NC2=O)/C1=C(\O)c1ccccc1. The topological polar surface area (TPSA) is 175 Å². The number of aromatic hydroxyl groups is 1. The molecule has 0 radical (unpaired) electrons. The summed E-state index contributed by atoms with van der Waals surface area (Å²) >= 11 is 0.622. The van der Waals surface area contributed by atoms with Crippen molar-refractivity contribution in [3.63, 3.8) is 0 Å². The van der Waals surface area contributed by atoms with Gasteiger partial charge in [-0.05, 0) is 30.0 Å². The summed E-state index contributed by atoms with van der Waals surface area (Å²) in [6.45, 7) is 0. The Labute approximate surface area is 224 Å². The first-order valence-electron chi connectivity index (χ1n) is 11.3. The first kappa shape index (κ1) is 25.4. The maximum atomic E-state index is 13.6. The van der Waals surface area contributed by atoms with Gasteiger partial charge in [0.15, 0.2) is 5.17 Å². The third-order valence-electron chi connectivity index (χ3n) is 5.94. The van der Waals surface area contributed by atoms with Crippen LogP contribution in [0, 0.1) is 10.1 Å². The summed E-state index contributed by atoms with van der Waals surface area (Å²) in [5, 5.41) is 43.0. The molecule has 3 aromatic carbocycles. The van der Waals surface area contributed by atoms with E-state index in [1.807, 2.05) is 0 Å². The second-order valence-corrected chi connectivity index (χ2v) is 9.40. The molecule has 2 heterocycles. The normalized spacial score (nSPS) is 21.3. The zero-order valence-corrected chi connectivity index (χ0v) is 20.5. The number of carbonyl (C=O) groups excluding carboxylic acids is 3. The lowest BCUT2D eigenvalue weighted by Gasteiger charge is -2.31. The van der Waals surface area contributed by atoms with Gasteiger partial charge in [-0.1, -0.05) is 54.6 Å². The molecule has 0 saturated carbocycles. The Hall–Kier alpha value is -5.30. The van der Waals surface area contributed by atoms with E-state index in [1.165, 1.54) is 54.6 Å². The number of hydrogen-bond acceptors (Lipinski definition) is 10. The average Bonchev–Trinajstić information content (AvgIpc) is 3.36. The molecule has 13 heteroatoms. The van der Waals surface area contributed by atoms with Crippen molar-refractivity contribution in [2.75, 3.05) is 4.90 Å². The first-order valence-corrected chi connectivity index (χ1v) is 12.1. The zero-order valence-electron chi connectivity index (χ0n) is 19.7. The van der Waals surface area contributed by atoms with Crippen LogP contribution in [0.2, 0.25) is 0 Å². The van der Waals surface area contributed by atoms with Crippen molar-refractivity contribution in [1.29, 1.82) is 0 Å². The molecular formula is C26H17N5O7S. The minimum Gasteiger partial charge on any atom is -0.507 e. The number of amidine groups is 1. The third kappa shape index (κ3) is 4.20. The highest BCUT2D eigenvalue weighted by Gasteiger charge is 2.66. The summed E-state index contributed by atoms with van der Waals surface area (Å²) in [5.74, 6) is -4.17. The van der Waals surface area contributed by atoms with Crippen molar-refractivity contribution in [1.82, 2.24) is 5.32 Å². The van der Waals surface area contributed by atoms with Crippen LogP contribution in [0.1, 0.15) is 11.1 Å². The van der Waals surface area contributed by atoms with E-state index in [4.69, 9.17) is 0 Å². The van der Waals surface area contributed by atoms with E-state index >= 15 is 0 Å². The summed E-state index contributed by atoms with van der Waals surface area (Å²) in [4.78, 5) is 49.5. The number of Topliss-reactive ketones (excluding diaryl/α,β-unsaturated/α-hetero) is 1. The van der Waals surface area contributed by atoms with E-state index < -0.39 is 38.7 Å². The standard InChI is InChI=1S/C26H17N5O7S/c32-19-13-7-6-12-18(19)30-23(35)22(34)20(21(33)15-8-2-1-3-9-15)26(30)24(36)28-25(39-26)29-27-14-16-10-4-5-11-17(16)31(37)38/h1-14,32-33H,(H,28,29,36)/b21-20-,27-14?. The van der Waals surface area contributed by atoms with E-state index in [0.29, 0.717) is 11.8 Å². The van der Waals surface area contributed by atoms with Gasteiger partial charge in [0.25, 0.3) is 17.4 Å². The van der Waals surface area contributed by atoms with Gasteiger partial charge in [0, 0.05) is 11.6 Å². The minimum atomic E-state index is -2.18. The Bertz CT molecular complexity index is 1640. The maximum Gasteiger partial charge on any atom is 0.301 e. The molecule has 2 amide bonds. The number of phenols is 1. The van der Waals surface area contributed by atoms with Gasteiger partial charge in [-0.25, -0.2) is 0 Å². The van der Waals surface area contributed by atoms with Gasteiger partial charge in [-0.3, -0.25) is 29.4 Å². The number of rotatable bonds is 5.